The molecule has 180 valence electrons. The Balaban J connectivity index is 1.35. The highest BCUT2D eigenvalue weighted by molar-refractivity contribution is 6.04. The molecule has 1 aromatic carbocycles. The molecule has 3 atom stereocenters. The van der Waals surface area contributed by atoms with Crippen LogP contribution in [0.1, 0.15) is 29.2 Å². The Morgan fingerprint density at radius 1 is 1.06 bits per heavy atom. The Morgan fingerprint density at radius 2 is 1.86 bits per heavy atom. The first kappa shape index (κ1) is 21.9. The summed E-state index contributed by atoms with van der Waals surface area (Å²) < 4.78 is 1.90. The number of fused-ring (bicyclic) bond motifs is 3. The van der Waals surface area contributed by atoms with E-state index in [-0.39, 0.29) is 23.9 Å². The molecule has 2 fully saturated rings. The summed E-state index contributed by atoms with van der Waals surface area (Å²) in [5.74, 6) is 0.921. The second kappa shape index (κ2) is 8.56. The number of hydrogen-bond acceptors (Lipinski definition) is 7. The molecule has 1 aliphatic carbocycles. The van der Waals surface area contributed by atoms with Gasteiger partial charge in [0.1, 0.15) is 23.7 Å². The third kappa shape index (κ3) is 3.58. The molecule has 2 bridgehead atoms. The molecule has 0 spiro atoms. The third-order valence-electron chi connectivity index (χ3n) is 7.07. The van der Waals surface area contributed by atoms with E-state index in [2.05, 4.69) is 26.8 Å². The molecule has 36 heavy (non-hydrogen) atoms. The first-order valence-corrected chi connectivity index (χ1v) is 11.8. The van der Waals surface area contributed by atoms with Gasteiger partial charge in [-0.25, -0.2) is 19.6 Å². The molecule has 6 rings (SSSR count). The predicted molar refractivity (Wildman–Crippen MR) is 135 cm³/mol. The Hall–Kier alpha value is -4.60. The van der Waals surface area contributed by atoms with Crippen LogP contribution in [0.25, 0.3) is 22.3 Å². The number of likely N-dealkylation sites (tertiary alicyclic amines) is 1. The van der Waals surface area contributed by atoms with E-state index in [9.17, 15) is 9.59 Å². The van der Waals surface area contributed by atoms with Gasteiger partial charge in [0.2, 0.25) is 5.91 Å². The molecule has 10 heteroatoms. The SMILES string of the molecule is C=CC(=O)N1C[C@@H]2C[C@H]1[C@@H](n1nc(-c3ccc(C(=O)Nc4ccccn4)cc3)c3c(N)ncnc31)C2. The van der Waals surface area contributed by atoms with E-state index < -0.39 is 0 Å². The number of hydrogen-bond donors (Lipinski definition) is 2. The van der Waals surface area contributed by atoms with Crippen molar-refractivity contribution in [2.45, 2.75) is 24.9 Å². The van der Waals surface area contributed by atoms with Crippen molar-refractivity contribution < 1.29 is 9.59 Å². The van der Waals surface area contributed by atoms with Crippen LogP contribution < -0.4 is 11.1 Å². The maximum absolute atomic E-state index is 12.6. The largest absolute Gasteiger partial charge is 0.383 e. The van der Waals surface area contributed by atoms with Crippen molar-refractivity contribution in [1.82, 2.24) is 29.6 Å². The fraction of sp³-hybridized carbons (Fsp3) is 0.231. The summed E-state index contributed by atoms with van der Waals surface area (Å²) in [6, 6.07) is 12.5. The van der Waals surface area contributed by atoms with E-state index in [0.29, 0.717) is 39.8 Å². The fourth-order valence-corrected chi connectivity index (χ4v) is 5.46. The van der Waals surface area contributed by atoms with Gasteiger partial charge in [0.15, 0.2) is 5.65 Å². The van der Waals surface area contributed by atoms with Crippen molar-refractivity contribution in [3.05, 3.63) is 73.2 Å². The summed E-state index contributed by atoms with van der Waals surface area (Å²) in [6.45, 7) is 4.40. The van der Waals surface area contributed by atoms with Crippen molar-refractivity contribution in [2.75, 3.05) is 17.6 Å². The van der Waals surface area contributed by atoms with Gasteiger partial charge in [-0.3, -0.25) is 9.59 Å². The van der Waals surface area contributed by atoms with Gasteiger partial charge >= 0.3 is 0 Å². The van der Waals surface area contributed by atoms with Gasteiger partial charge in [-0.05, 0) is 49.1 Å². The number of benzene rings is 1. The number of nitrogens with zero attached hydrogens (tertiary/aromatic N) is 6. The molecule has 2 aliphatic rings. The van der Waals surface area contributed by atoms with E-state index in [1.54, 1.807) is 30.5 Å². The maximum atomic E-state index is 12.6. The van der Waals surface area contributed by atoms with Crippen LogP contribution in [-0.4, -0.2) is 54.0 Å². The smallest absolute Gasteiger partial charge is 0.256 e. The second-order valence-electron chi connectivity index (χ2n) is 9.16. The zero-order valence-corrected chi connectivity index (χ0v) is 19.4. The number of pyridine rings is 1. The maximum Gasteiger partial charge on any atom is 0.256 e. The van der Waals surface area contributed by atoms with Crippen LogP contribution in [0, 0.1) is 5.92 Å². The number of aromatic nitrogens is 5. The summed E-state index contributed by atoms with van der Waals surface area (Å²) in [7, 11) is 0. The van der Waals surface area contributed by atoms with E-state index in [1.165, 1.54) is 12.4 Å². The van der Waals surface area contributed by atoms with E-state index in [0.717, 1.165) is 24.9 Å². The summed E-state index contributed by atoms with van der Waals surface area (Å²) in [4.78, 5) is 39.8. The number of piperidine rings is 1. The number of nitrogens with two attached hydrogens (primary N) is 1. The molecule has 4 aromatic rings. The number of nitrogen functional groups attached to an aromatic ring is 1. The highest BCUT2D eigenvalue weighted by Crippen LogP contribution is 2.46. The van der Waals surface area contributed by atoms with Gasteiger partial charge in [0, 0.05) is 23.9 Å². The number of carbonyl (C=O) groups is 2. The van der Waals surface area contributed by atoms with Gasteiger partial charge in [0.05, 0.1) is 17.5 Å². The summed E-state index contributed by atoms with van der Waals surface area (Å²) in [6.07, 6.45) is 6.27. The van der Waals surface area contributed by atoms with Crippen molar-refractivity contribution >= 4 is 34.5 Å². The van der Waals surface area contributed by atoms with Gasteiger partial charge in [-0.1, -0.05) is 24.8 Å². The molecule has 0 radical (unpaired) electrons. The summed E-state index contributed by atoms with van der Waals surface area (Å²) in [5.41, 5.74) is 8.85. The lowest BCUT2D eigenvalue weighted by atomic mass is 10.1. The monoisotopic (exact) mass is 480 g/mol. The van der Waals surface area contributed by atoms with E-state index in [1.807, 2.05) is 27.8 Å². The number of rotatable bonds is 5. The molecular formula is C26H24N8O2. The fourth-order valence-electron chi connectivity index (χ4n) is 5.46. The van der Waals surface area contributed by atoms with Gasteiger partial charge < -0.3 is 16.0 Å². The van der Waals surface area contributed by atoms with Crippen molar-refractivity contribution in [3.63, 3.8) is 0 Å². The van der Waals surface area contributed by atoms with Gasteiger partial charge in [-0.15, -0.1) is 0 Å². The van der Waals surface area contributed by atoms with Crippen LogP contribution in [0.5, 0.6) is 0 Å². The normalized spacial score (nSPS) is 20.6. The lowest BCUT2D eigenvalue weighted by Crippen LogP contribution is -2.42. The number of carbonyl (C=O) groups excluding carboxylic acids is 2. The Bertz CT molecular complexity index is 1480. The van der Waals surface area contributed by atoms with Crippen LogP contribution in [0.3, 0.4) is 0 Å². The predicted octanol–water partition coefficient (Wildman–Crippen LogP) is 3.07. The first-order chi connectivity index (χ1) is 17.5. The van der Waals surface area contributed by atoms with Crippen LogP contribution >= 0.6 is 0 Å². The minimum absolute atomic E-state index is 0.0124. The standard InChI is InChI=1S/C26H24N8O2/c1-2-21(35)33-13-15-11-18(33)19(12-15)34-25-22(24(27)29-14-30-25)23(32-34)16-6-8-17(9-7-16)26(36)31-20-5-3-4-10-28-20/h2-10,14-15,18-19H,1,11-13H2,(H2,27,29,30)(H,28,31,36)/t15-,18+,19+/m1/s1. The number of anilines is 2. The Morgan fingerprint density at radius 3 is 2.58 bits per heavy atom. The van der Waals surface area contributed by atoms with Crippen molar-refractivity contribution in [2.24, 2.45) is 5.92 Å². The molecule has 1 saturated carbocycles. The zero-order chi connectivity index (χ0) is 24.8. The van der Waals surface area contributed by atoms with E-state index in [4.69, 9.17) is 10.8 Å². The average Bonchev–Trinajstić information content (AvgIpc) is 3.62. The lowest BCUT2D eigenvalue weighted by Gasteiger charge is -2.32. The molecule has 10 nitrogen and oxygen atoms in total. The molecule has 3 N–H and O–H groups in total. The molecule has 1 saturated heterocycles. The van der Waals surface area contributed by atoms with Crippen molar-refractivity contribution in [3.8, 4) is 11.3 Å². The van der Waals surface area contributed by atoms with Gasteiger partial charge in [-0.2, -0.15) is 5.10 Å². The third-order valence-corrected chi connectivity index (χ3v) is 7.07. The highest BCUT2D eigenvalue weighted by atomic mass is 16.2. The molecular weight excluding hydrogens is 456 g/mol. The Kier molecular flexibility index (Phi) is 5.21. The minimum atomic E-state index is -0.257. The molecule has 1 aliphatic heterocycles. The van der Waals surface area contributed by atoms with Crippen LogP contribution in [0.4, 0.5) is 11.6 Å². The zero-order valence-electron chi connectivity index (χ0n) is 19.4. The average molecular weight is 481 g/mol. The molecule has 2 amide bonds. The molecule has 4 heterocycles. The second-order valence-corrected chi connectivity index (χ2v) is 9.16. The van der Waals surface area contributed by atoms with Crippen LogP contribution in [-0.2, 0) is 4.79 Å². The molecule has 3 aromatic heterocycles. The number of nitrogens with one attached hydrogen (secondary N) is 1. The first-order valence-electron chi connectivity index (χ1n) is 11.8. The van der Waals surface area contributed by atoms with Crippen LogP contribution in [0.15, 0.2) is 67.6 Å². The summed E-state index contributed by atoms with van der Waals surface area (Å²) >= 11 is 0. The minimum Gasteiger partial charge on any atom is -0.383 e. The van der Waals surface area contributed by atoms with Crippen LogP contribution in [0.2, 0.25) is 0 Å². The van der Waals surface area contributed by atoms with Gasteiger partial charge in [0.25, 0.3) is 5.91 Å². The summed E-state index contributed by atoms with van der Waals surface area (Å²) in [5, 5.41) is 8.38. The number of amides is 2. The van der Waals surface area contributed by atoms with E-state index >= 15 is 0 Å². The van der Waals surface area contributed by atoms with Crippen molar-refractivity contribution in [1.29, 1.82) is 0 Å². The quantitative estimate of drug-likeness (QED) is 0.420. The lowest BCUT2D eigenvalue weighted by molar-refractivity contribution is -0.128. The Labute approximate surface area is 206 Å². The highest BCUT2D eigenvalue weighted by Gasteiger charge is 2.48. The topological polar surface area (TPSA) is 132 Å². The molecule has 0 unspecified atom stereocenters.